The van der Waals surface area contributed by atoms with E-state index in [1.165, 1.54) is 18.1 Å². The molecule has 0 radical (unpaired) electrons. The number of nitrogens with zero attached hydrogens (tertiary/aromatic N) is 4. The highest BCUT2D eigenvalue weighted by Crippen LogP contribution is 2.33. The second-order valence-corrected chi connectivity index (χ2v) is 8.80. The molecule has 0 saturated heterocycles. The van der Waals surface area contributed by atoms with Gasteiger partial charge in [0.2, 0.25) is 0 Å². The summed E-state index contributed by atoms with van der Waals surface area (Å²) in [4.78, 5) is 17.8. The standard InChI is InChI=1S/C23H18ClN5O2S/c1-12-2-5-17-20(6-12)32-23(28-17)29-22-15-4-3-13(8-18(15)26-11-27-22)21-16(24)7-14(9-25-21)19(31)10-30/h2-9,11,19,30-31H,10H2,1H3,(H,26,27,28,29)/t19-/m0/s1. The highest BCUT2D eigenvalue weighted by Gasteiger charge is 2.14. The predicted molar refractivity (Wildman–Crippen MR) is 127 cm³/mol. The van der Waals surface area contributed by atoms with E-state index in [9.17, 15) is 5.11 Å². The molecule has 1 atom stereocenters. The lowest BCUT2D eigenvalue weighted by molar-refractivity contribution is 0.0954. The quantitative estimate of drug-likeness (QED) is 0.335. The SMILES string of the molecule is Cc1ccc2nc(Nc3ncnc4cc(-c5ncc([C@@H](O)CO)cc5Cl)ccc34)sc2c1. The van der Waals surface area contributed by atoms with Crippen LogP contribution >= 0.6 is 22.9 Å². The number of aliphatic hydroxyl groups is 2. The summed E-state index contributed by atoms with van der Waals surface area (Å²) in [7, 11) is 0. The Morgan fingerprint density at radius 1 is 1.06 bits per heavy atom. The van der Waals surface area contributed by atoms with E-state index < -0.39 is 12.7 Å². The summed E-state index contributed by atoms with van der Waals surface area (Å²) >= 11 is 7.97. The Bertz CT molecular complexity index is 1460. The third kappa shape index (κ3) is 3.89. The van der Waals surface area contributed by atoms with E-state index in [4.69, 9.17) is 16.7 Å². The van der Waals surface area contributed by atoms with Crippen LogP contribution in [-0.4, -0.2) is 36.8 Å². The first-order valence-corrected chi connectivity index (χ1v) is 11.0. The largest absolute Gasteiger partial charge is 0.393 e. The number of aliphatic hydroxyl groups excluding tert-OH is 2. The Labute approximate surface area is 192 Å². The lowest BCUT2D eigenvalue weighted by atomic mass is 10.1. The van der Waals surface area contributed by atoms with Gasteiger partial charge in [0.1, 0.15) is 18.2 Å². The fourth-order valence-electron chi connectivity index (χ4n) is 3.44. The number of hydrogen-bond donors (Lipinski definition) is 3. The van der Waals surface area contributed by atoms with Crippen molar-refractivity contribution in [2.24, 2.45) is 0 Å². The van der Waals surface area contributed by atoms with Gasteiger partial charge in [-0.05, 0) is 42.8 Å². The average Bonchev–Trinajstić information content (AvgIpc) is 3.19. The minimum absolute atomic E-state index is 0.381. The molecule has 0 fully saturated rings. The molecular formula is C23H18ClN5O2S. The van der Waals surface area contributed by atoms with Crippen molar-refractivity contribution >= 4 is 55.0 Å². The Morgan fingerprint density at radius 3 is 2.75 bits per heavy atom. The van der Waals surface area contributed by atoms with Crippen molar-refractivity contribution in [3.63, 3.8) is 0 Å². The van der Waals surface area contributed by atoms with E-state index in [0.717, 1.165) is 31.8 Å². The number of halogens is 1. The lowest BCUT2D eigenvalue weighted by Crippen LogP contribution is -2.03. The second kappa shape index (κ2) is 8.40. The first kappa shape index (κ1) is 20.7. The summed E-state index contributed by atoms with van der Waals surface area (Å²) in [6.45, 7) is 1.67. The van der Waals surface area contributed by atoms with Crippen LogP contribution in [0.4, 0.5) is 10.9 Å². The zero-order chi connectivity index (χ0) is 22.2. The molecule has 0 amide bonds. The molecule has 9 heteroatoms. The van der Waals surface area contributed by atoms with Crippen LogP contribution in [0.2, 0.25) is 5.02 Å². The molecule has 0 aliphatic carbocycles. The summed E-state index contributed by atoms with van der Waals surface area (Å²) in [6.07, 6.45) is 1.99. The van der Waals surface area contributed by atoms with Gasteiger partial charge in [-0.2, -0.15) is 0 Å². The number of anilines is 2. The van der Waals surface area contributed by atoms with Crippen molar-refractivity contribution in [3.05, 3.63) is 71.1 Å². The summed E-state index contributed by atoms with van der Waals surface area (Å²) in [5.74, 6) is 0.665. The molecule has 5 rings (SSSR count). The fourth-order valence-corrected chi connectivity index (χ4v) is 4.69. The van der Waals surface area contributed by atoms with Crippen LogP contribution in [0.25, 0.3) is 32.4 Å². The molecule has 3 aromatic heterocycles. The van der Waals surface area contributed by atoms with Crippen LogP contribution in [0.15, 0.2) is 55.0 Å². The molecular weight excluding hydrogens is 446 g/mol. The number of aromatic nitrogens is 4. The Hall–Kier alpha value is -3.17. The maximum Gasteiger partial charge on any atom is 0.189 e. The van der Waals surface area contributed by atoms with Crippen molar-refractivity contribution in [2.45, 2.75) is 13.0 Å². The van der Waals surface area contributed by atoms with Gasteiger partial charge in [0.25, 0.3) is 0 Å². The van der Waals surface area contributed by atoms with Crippen molar-refractivity contribution in [1.82, 2.24) is 19.9 Å². The van der Waals surface area contributed by atoms with Gasteiger partial charge >= 0.3 is 0 Å². The molecule has 7 nitrogen and oxygen atoms in total. The first-order valence-electron chi connectivity index (χ1n) is 9.85. The summed E-state index contributed by atoms with van der Waals surface area (Å²) in [5, 5.41) is 24.2. The number of fused-ring (bicyclic) bond motifs is 2. The van der Waals surface area contributed by atoms with Crippen LogP contribution < -0.4 is 5.32 Å². The van der Waals surface area contributed by atoms with Gasteiger partial charge in [-0.3, -0.25) is 4.98 Å². The Kier molecular flexibility index (Phi) is 5.44. The van der Waals surface area contributed by atoms with Crippen molar-refractivity contribution in [3.8, 4) is 11.3 Å². The summed E-state index contributed by atoms with van der Waals surface area (Å²) in [5.41, 5.74) is 4.68. The molecule has 5 aromatic rings. The number of thiazole rings is 1. The number of rotatable bonds is 5. The molecule has 3 N–H and O–H groups in total. The molecule has 32 heavy (non-hydrogen) atoms. The third-order valence-electron chi connectivity index (χ3n) is 5.10. The number of nitrogens with one attached hydrogen (secondary N) is 1. The lowest BCUT2D eigenvalue weighted by Gasteiger charge is -2.11. The highest BCUT2D eigenvalue weighted by molar-refractivity contribution is 7.22. The smallest absolute Gasteiger partial charge is 0.189 e. The molecule has 0 spiro atoms. The Morgan fingerprint density at radius 2 is 1.94 bits per heavy atom. The van der Waals surface area contributed by atoms with E-state index in [-0.39, 0.29) is 0 Å². The van der Waals surface area contributed by atoms with Gasteiger partial charge in [-0.25, -0.2) is 15.0 Å². The van der Waals surface area contributed by atoms with Crippen LogP contribution in [0.5, 0.6) is 0 Å². The van der Waals surface area contributed by atoms with Gasteiger partial charge < -0.3 is 15.5 Å². The average molecular weight is 464 g/mol. The molecule has 0 aliphatic rings. The van der Waals surface area contributed by atoms with Gasteiger partial charge in [0.15, 0.2) is 5.13 Å². The zero-order valence-electron chi connectivity index (χ0n) is 17.0. The van der Waals surface area contributed by atoms with Crippen LogP contribution in [0.3, 0.4) is 0 Å². The van der Waals surface area contributed by atoms with Gasteiger partial charge in [-0.1, -0.05) is 35.1 Å². The Balaban J connectivity index is 1.49. The predicted octanol–water partition coefficient (Wildman–Crippen LogP) is 5.03. The van der Waals surface area contributed by atoms with Crippen LogP contribution in [0, 0.1) is 6.92 Å². The second-order valence-electron chi connectivity index (χ2n) is 7.37. The van der Waals surface area contributed by atoms with Crippen molar-refractivity contribution in [1.29, 1.82) is 0 Å². The maximum atomic E-state index is 9.79. The molecule has 0 saturated carbocycles. The van der Waals surface area contributed by atoms with Crippen LogP contribution in [0.1, 0.15) is 17.2 Å². The monoisotopic (exact) mass is 463 g/mol. The summed E-state index contributed by atoms with van der Waals surface area (Å²) < 4.78 is 1.11. The fraction of sp³-hybridized carbons (Fsp3) is 0.130. The number of hydrogen-bond acceptors (Lipinski definition) is 8. The molecule has 2 aromatic carbocycles. The van der Waals surface area contributed by atoms with E-state index >= 15 is 0 Å². The molecule has 3 heterocycles. The van der Waals surface area contributed by atoms with E-state index in [1.54, 1.807) is 17.4 Å². The third-order valence-corrected chi connectivity index (χ3v) is 6.32. The van der Waals surface area contributed by atoms with E-state index in [0.29, 0.717) is 22.1 Å². The number of aryl methyl sites for hydroxylation is 1. The topological polar surface area (TPSA) is 104 Å². The minimum atomic E-state index is -1.02. The maximum absolute atomic E-state index is 9.79. The first-order chi connectivity index (χ1) is 15.5. The van der Waals surface area contributed by atoms with Gasteiger partial charge in [0, 0.05) is 22.7 Å². The number of benzene rings is 2. The molecule has 160 valence electrons. The highest BCUT2D eigenvalue weighted by atomic mass is 35.5. The number of pyridine rings is 1. The summed E-state index contributed by atoms with van der Waals surface area (Å²) in [6, 6.07) is 13.5. The minimum Gasteiger partial charge on any atom is -0.393 e. The molecule has 0 unspecified atom stereocenters. The molecule has 0 aliphatic heterocycles. The van der Waals surface area contributed by atoms with E-state index in [1.807, 2.05) is 30.3 Å². The van der Waals surface area contributed by atoms with E-state index in [2.05, 4.69) is 38.2 Å². The zero-order valence-corrected chi connectivity index (χ0v) is 18.5. The van der Waals surface area contributed by atoms with Gasteiger partial charge in [-0.15, -0.1) is 0 Å². The van der Waals surface area contributed by atoms with Crippen molar-refractivity contribution < 1.29 is 10.2 Å². The van der Waals surface area contributed by atoms with Crippen LogP contribution in [-0.2, 0) is 0 Å². The van der Waals surface area contributed by atoms with Gasteiger partial charge in [0.05, 0.1) is 33.1 Å². The van der Waals surface area contributed by atoms with Crippen molar-refractivity contribution in [2.75, 3.05) is 11.9 Å². The normalized spacial score (nSPS) is 12.4. The molecule has 0 bridgehead atoms.